The molecule has 6 nitrogen and oxygen atoms in total. The van der Waals surface area contributed by atoms with E-state index in [1.54, 1.807) is 54.6 Å². The first-order chi connectivity index (χ1) is 11.6. The van der Waals surface area contributed by atoms with Crippen molar-refractivity contribution >= 4 is 23.6 Å². The Labute approximate surface area is 138 Å². The third kappa shape index (κ3) is 5.31. The molecule has 0 aromatic heterocycles. The van der Waals surface area contributed by atoms with Crippen LogP contribution in [0.25, 0.3) is 6.08 Å². The first kappa shape index (κ1) is 16.8. The van der Waals surface area contributed by atoms with Gasteiger partial charge in [-0.1, -0.05) is 12.1 Å². The van der Waals surface area contributed by atoms with Gasteiger partial charge in [-0.25, -0.2) is 4.79 Å². The second-order valence-electron chi connectivity index (χ2n) is 4.76. The molecule has 2 rings (SSSR count). The second-order valence-corrected chi connectivity index (χ2v) is 4.76. The first-order valence-corrected chi connectivity index (χ1v) is 7.01. The van der Waals surface area contributed by atoms with Gasteiger partial charge in [-0.15, -0.1) is 0 Å². The molecule has 0 atom stereocenters. The van der Waals surface area contributed by atoms with Crippen molar-refractivity contribution in [2.75, 3.05) is 11.9 Å². The SMILES string of the molecule is N#Cc1ccc(/C=C/C(=O)Nc2ccc(OCC(=O)O)cc2)cc1. The summed E-state index contributed by atoms with van der Waals surface area (Å²) in [4.78, 5) is 22.3. The maximum atomic E-state index is 11.8. The van der Waals surface area contributed by atoms with Crippen molar-refractivity contribution < 1.29 is 19.4 Å². The lowest BCUT2D eigenvalue weighted by molar-refractivity contribution is -0.139. The number of nitrogens with zero attached hydrogens (tertiary/aromatic N) is 1. The highest BCUT2D eigenvalue weighted by molar-refractivity contribution is 6.01. The second kappa shape index (κ2) is 8.15. The molecule has 0 aliphatic rings. The molecule has 2 aromatic carbocycles. The average Bonchev–Trinajstić information content (AvgIpc) is 2.60. The molecule has 6 heteroatoms. The molecule has 0 spiro atoms. The third-order valence-corrected chi connectivity index (χ3v) is 2.95. The lowest BCUT2D eigenvalue weighted by Crippen LogP contribution is -2.10. The number of carbonyl (C=O) groups excluding carboxylic acids is 1. The van der Waals surface area contributed by atoms with Crippen LogP contribution in [0, 0.1) is 11.3 Å². The Morgan fingerprint density at radius 1 is 1.12 bits per heavy atom. The lowest BCUT2D eigenvalue weighted by atomic mass is 10.1. The molecular weight excluding hydrogens is 308 g/mol. The standard InChI is InChI=1S/C18H14N2O4/c19-11-14-3-1-13(2-4-14)5-10-17(21)20-15-6-8-16(9-7-15)24-12-18(22)23/h1-10H,12H2,(H,20,21)(H,22,23)/b10-5+. The number of benzene rings is 2. The molecule has 0 aliphatic heterocycles. The van der Waals surface area contributed by atoms with Gasteiger partial charge >= 0.3 is 5.97 Å². The van der Waals surface area contributed by atoms with Gasteiger partial charge in [0.25, 0.3) is 0 Å². The van der Waals surface area contributed by atoms with Crippen LogP contribution < -0.4 is 10.1 Å². The zero-order valence-corrected chi connectivity index (χ0v) is 12.6. The van der Waals surface area contributed by atoms with Gasteiger partial charge < -0.3 is 15.2 Å². The molecule has 0 unspecified atom stereocenters. The lowest BCUT2D eigenvalue weighted by Gasteiger charge is -2.05. The van der Waals surface area contributed by atoms with Crippen LogP contribution >= 0.6 is 0 Å². The maximum absolute atomic E-state index is 11.8. The Hall–Kier alpha value is -3.59. The number of anilines is 1. The van der Waals surface area contributed by atoms with E-state index in [9.17, 15) is 9.59 Å². The van der Waals surface area contributed by atoms with Crippen LogP contribution in [0.1, 0.15) is 11.1 Å². The number of amides is 1. The van der Waals surface area contributed by atoms with Crippen LogP contribution in [0.5, 0.6) is 5.75 Å². The minimum Gasteiger partial charge on any atom is -0.482 e. The number of hydrogen-bond acceptors (Lipinski definition) is 4. The topological polar surface area (TPSA) is 99.4 Å². The molecular formula is C18H14N2O4. The zero-order chi connectivity index (χ0) is 17.4. The van der Waals surface area contributed by atoms with Gasteiger partial charge in [-0.05, 0) is 48.0 Å². The molecule has 0 fully saturated rings. The molecule has 0 saturated carbocycles. The van der Waals surface area contributed by atoms with Crippen molar-refractivity contribution in [3.05, 3.63) is 65.7 Å². The van der Waals surface area contributed by atoms with Gasteiger partial charge in [-0.3, -0.25) is 4.79 Å². The van der Waals surface area contributed by atoms with Crippen molar-refractivity contribution in [2.24, 2.45) is 0 Å². The van der Waals surface area contributed by atoms with Crippen molar-refractivity contribution in [2.45, 2.75) is 0 Å². The number of nitrogens with one attached hydrogen (secondary N) is 1. The van der Waals surface area contributed by atoms with Gasteiger partial charge in [0.2, 0.25) is 5.91 Å². The smallest absolute Gasteiger partial charge is 0.341 e. The van der Waals surface area contributed by atoms with E-state index in [2.05, 4.69) is 5.32 Å². The summed E-state index contributed by atoms with van der Waals surface area (Å²) < 4.78 is 5.00. The van der Waals surface area contributed by atoms with Gasteiger partial charge in [0.1, 0.15) is 5.75 Å². The number of ether oxygens (including phenoxy) is 1. The van der Waals surface area contributed by atoms with Crippen molar-refractivity contribution in [3.63, 3.8) is 0 Å². The van der Waals surface area contributed by atoms with Crippen LogP contribution in [0.4, 0.5) is 5.69 Å². The van der Waals surface area contributed by atoms with Gasteiger partial charge in [-0.2, -0.15) is 5.26 Å². The highest BCUT2D eigenvalue weighted by Crippen LogP contribution is 2.15. The highest BCUT2D eigenvalue weighted by atomic mass is 16.5. The Kier molecular flexibility index (Phi) is 5.70. The van der Waals surface area contributed by atoms with Crippen LogP contribution in [0.3, 0.4) is 0 Å². The number of carbonyl (C=O) groups is 2. The van der Waals surface area contributed by atoms with Gasteiger partial charge in [0.05, 0.1) is 11.6 Å². The summed E-state index contributed by atoms with van der Waals surface area (Å²) >= 11 is 0. The zero-order valence-electron chi connectivity index (χ0n) is 12.6. The van der Waals surface area contributed by atoms with Crippen molar-refractivity contribution in [1.29, 1.82) is 5.26 Å². The maximum Gasteiger partial charge on any atom is 0.341 e. The largest absolute Gasteiger partial charge is 0.482 e. The van der Waals surface area contributed by atoms with E-state index in [1.165, 1.54) is 6.08 Å². The summed E-state index contributed by atoms with van der Waals surface area (Å²) in [5.74, 6) is -0.956. The molecule has 0 bridgehead atoms. The molecule has 2 aromatic rings. The van der Waals surface area contributed by atoms with Crippen molar-refractivity contribution in [3.8, 4) is 11.8 Å². The quantitative estimate of drug-likeness (QED) is 0.797. The fraction of sp³-hybridized carbons (Fsp3) is 0.0556. The van der Waals surface area contributed by atoms with E-state index in [1.807, 2.05) is 6.07 Å². The van der Waals surface area contributed by atoms with Gasteiger partial charge in [0.15, 0.2) is 6.61 Å². The summed E-state index contributed by atoms with van der Waals surface area (Å²) in [7, 11) is 0. The Morgan fingerprint density at radius 3 is 2.38 bits per heavy atom. The van der Waals surface area contributed by atoms with Crippen molar-refractivity contribution in [1.82, 2.24) is 0 Å². The predicted octanol–water partition coefficient (Wildman–Crippen LogP) is 2.67. The van der Waals surface area contributed by atoms with E-state index < -0.39 is 12.6 Å². The fourth-order valence-corrected chi connectivity index (χ4v) is 1.80. The van der Waals surface area contributed by atoms with E-state index in [-0.39, 0.29) is 5.91 Å². The summed E-state index contributed by atoms with van der Waals surface area (Å²) in [6.07, 6.45) is 3.02. The van der Waals surface area contributed by atoms with E-state index >= 15 is 0 Å². The van der Waals surface area contributed by atoms with E-state index in [0.29, 0.717) is 17.0 Å². The van der Waals surface area contributed by atoms with Crippen LogP contribution in [-0.4, -0.2) is 23.6 Å². The third-order valence-electron chi connectivity index (χ3n) is 2.95. The number of carboxylic acid groups (broad SMARTS) is 1. The minimum atomic E-state index is -1.06. The summed E-state index contributed by atoms with van der Waals surface area (Å²) in [5, 5.41) is 19.9. The molecule has 1 amide bonds. The predicted molar refractivity (Wildman–Crippen MR) is 88.4 cm³/mol. The molecule has 24 heavy (non-hydrogen) atoms. The number of rotatable bonds is 6. The molecule has 120 valence electrons. The van der Waals surface area contributed by atoms with E-state index in [4.69, 9.17) is 15.1 Å². The highest BCUT2D eigenvalue weighted by Gasteiger charge is 2.01. The average molecular weight is 322 g/mol. The van der Waals surface area contributed by atoms with Crippen LogP contribution in [-0.2, 0) is 9.59 Å². The number of hydrogen-bond donors (Lipinski definition) is 2. The molecule has 2 N–H and O–H groups in total. The molecule has 0 radical (unpaired) electrons. The fourth-order valence-electron chi connectivity index (χ4n) is 1.80. The number of carboxylic acids is 1. The minimum absolute atomic E-state index is 0.307. The first-order valence-electron chi connectivity index (χ1n) is 7.01. The van der Waals surface area contributed by atoms with E-state index in [0.717, 1.165) is 5.56 Å². The van der Waals surface area contributed by atoms with Crippen LogP contribution in [0.2, 0.25) is 0 Å². The Bertz CT molecular complexity index is 787. The summed E-state index contributed by atoms with van der Waals surface area (Å²) in [5.41, 5.74) is 1.93. The number of nitriles is 1. The molecule has 0 saturated heterocycles. The molecule has 0 aliphatic carbocycles. The number of aliphatic carboxylic acids is 1. The summed E-state index contributed by atoms with van der Waals surface area (Å²) in [6, 6.07) is 15.2. The van der Waals surface area contributed by atoms with Crippen LogP contribution in [0.15, 0.2) is 54.6 Å². The Balaban J connectivity index is 1.90. The summed E-state index contributed by atoms with van der Waals surface area (Å²) in [6.45, 7) is -0.418. The molecule has 0 heterocycles. The normalized spacial score (nSPS) is 10.1. The van der Waals surface area contributed by atoms with Gasteiger partial charge in [0, 0.05) is 11.8 Å². The Morgan fingerprint density at radius 2 is 1.79 bits per heavy atom. The monoisotopic (exact) mass is 322 g/mol.